The zero-order valence-corrected chi connectivity index (χ0v) is 13.8. The van der Waals surface area contributed by atoms with Crippen molar-refractivity contribution in [2.24, 2.45) is 11.8 Å². The van der Waals surface area contributed by atoms with Crippen LogP contribution in [0.25, 0.3) is 0 Å². The van der Waals surface area contributed by atoms with Gasteiger partial charge in [-0.15, -0.1) is 0 Å². The van der Waals surface area contributed by atoms with E-state index in [0.29, 0.717) is 30.0 Å². The van der Waals surface area contributed by atoms with Gasteiger partial charge in [-0.05, 0) is 37.3 Å². The third-order valence-corrected chi connectivity index (χ3v) is 8.00. The van der Waals surface area contributed by atoms with Gasteiger partial charge < -0.3 is 10.0 Å². The van der Waals surface area contributed by atoms with Gasteiger partial charge in [-0.2, -0.15) is 0 Å². The number of hydrogen-bond donors (Lipinski definition) is 1. The van der Waals surface area contributed by atoms with E-state index in [1.54, 1.807) is 5.57 Å². The number of hydrogen-bond acceptors (Lipinski definition) is 3. The molecular weight excluding hydrogens is 284 g/mol. The second-order valence-corrected chi connectivity index (χ2v) is 8.35. The third-order valence-electron chi connectivity index (χ3n) is 8.00. The molecule has 1 N–H and O–H groups in total. The van der Waals surface area contributed by atoms with Crippen LogP contribution in [0.5, 0.6) is 0 Å². The van der Waals surface area contributed by atoms with E-state index >= 15 is 0 Å². The molecule has 3 heteroatoms. The minimum absolute atomic E-state index is 0.0280. The Morgan fingerprint density at radius 1 is 1.26 bits per heavy atom. The Bertz CT molecular complexity index is 743. The fourth-order valence-electron chi connectivity index (χ4n) is 7.35. The van der Waals surface area contributed by atoms with Gasteiger partial charge in [-0.25, -0.2) is 0 Å². The lowest BCUT2D eigenvalue weighted by Crippen LogP contribution is -2.68. The van der Waals surface area contributed by atoms with E-state index in [1.807, 2.05) is 0 Å². The Labute approximate surface area is 137 Å². The van der Waals surface area contributed by atoms with Crippen molar-refractivity contribution < 1.29 is 5.11 Å². The highest BCUT2D eigenvalue weighted by molar-refractivity contribution is 5.67. The predicted octanol–water partition coefficient (Wildman–Crippen LogP) is 2.16. The molecule has 4 saturated heterocycles. The fourth-order valence-corrected chi connectivity index (χ4v) is 7.35. The van der Waals surface area contributed by atoms with Crippen LogP contribution in [0.1, 0.15) is 25.3 Å². The lowest BCUT2D eigenvalue weighted by Gasteiger charge is -2.58. The van der Waals surface area contributed by atoms with Gasteiger partial charge in [0.05, 0.1) is 12.1 Å². The summed E-state index contributed by atoms with van der Waals surface area (Å²) < 4.78 is 0. The number of rotatable bonds is 0. The normalized spacial score (nSPS) is 53.1. The van der Waals surface area contributed by atoms with Crippen LogP contribution in [0.15, 0.2) is 35.9 Å². The van der Waals surface area contributed by atoms with Crippen molar-refractivity contribution in [2.45, 2.75) is 49.4 Å². The van der Waals surface area contributed by atoms with Crippen LogP contribution in [0.3, 0.4) is 0 Å². The van der Waals surface area contributed by atoms with E-state index < -0.39 is 0 Å². The Morgan fingerprint density at radius 3 is 2.91 bits per heavy atom. The average Bonchev–Trinajstić information content (AvgIpc) is 2.98. The van der Waals surface area contributed by atoms with Gasteiger partial charge in [0.2, 0.25) is 0 Å². The Hall–Kier alpha value is -1.32. The lowest BCUT2D eigenvalue weighted by molar-refractivity contribution is -0.0345. The molecule has 6 aliphatic rings. The smallest absolute Gasteiger partial charge is 0.0707 e. The first kappa shape index (κ1) is 13.0. The molecule has 5 aliphatic heterocycles. The largest absolute Gasteiger partial charge is 0.392 e. The van der Waals surface area contributed by atoms with E-state index in [9.17, 15) is 5.11 Å². The molecule has 1 aliphatic carbocycles. The first-order valence-electron chi connectivity index (χ1n) is 9.09. The summed E-state index contributed by atoms with van der Waals surface area (Å²) in [6.07, 6.45) is 4.51. The van der Waals surface area contributed by atoms with Crippen LogP contribution >= 0.6 is 0 Å². The molecule has 8 atom stereocenters. The van der Waals surface area contributed by atoms with Crippen molar-refractivity contribution in [3.63, 3.8) is 0 Å². The molecule has 1 aromatic carbocycles. The molecule has 5 heterocycles. The predicted molar refractivity (Wildman–Crippen MR) is 90.6 cm³/mol. The van der Waals surface area contributed by atoms with Gasteiger partial charge in [0.1, 0.15) is 0 Å². The van der Waals surface area contributed by atoms with Crippen LogP contribution in [-0.2, 0) is 5.41 Å². The van der Waals surface area contributed by atoms with Gasteiger partial charge in [0.15, 0.2) is 0 Å². The van der Waals surface area contributed by atoms with Crippen molar-refractivity contribution in [3.8, 4) is 0 Å². The molecule has 1 aromatic rings. The number of aliphatic hydroxyl groups excluding tert-OH is 1. The van der Waals surface area contributed by atoms with Crippen molar-refractivity contribution in [1.82, 2.24) is 4.90 Å². The number of nitrogens with zero attached hydrogens (tertiary/aromatic N) is 2. The molecule has 3 nitrogen and oxygen atoms in total. The first-order valence-corrected chi connectivity index (χ1v) is 9.09. The van der Waals surface area contributed by atoms with Crippen LogP contribution < -0.4 is 4.90 Å². The van der Waals surface area contributed by atoms with Crippen molar-refractivity contribution in [1.29, 1.82) is 0 Å². The number of anilines is 1. The Balaban J connectivity index is 1.62. The van der Waals surface area contributed by atoms with Gasteiger partial charge >= 0.3 is 0 Å². The van der Waals surface area contributed by atoms with E-state index in [1.165, 1.54) is 17.7 Å². The number of likely N-dealkylation sites (N-methyl/N-ethyl adjacent to an activating group) is 1. The highest BCUT2D eigenvalue weighted by Gasteiger charge is 2.74. The minimum atomic E-state index is -0.196. The highest BCUT2D eigenvalue weighted by atomic mass is 16.3. The summed E-state index contributed by atoms with van der Waals surface area (Å²) in [5, 5.41) is 11.6. The van der Waals surface area contributed by atoms with Gasteiger partial charge in [-0.1, -0.05) is 29.8 Å². The van der Waals surface area contributed by atoms with Crippen LogP contribution in [-0.4, -0.2) is 47.8 Å². The molecule has 1 spiro atoms. The summed E-state index contributed by atoms with van der Waals surface area (Å²) in [6, 6.07) is 10.5. The lowest BCUT2D eigenvalue weighted by atomic mass is 9.65. The van der Waals surface area contributed by atoms with Gasteiger partial charge in [0.25, 0.3) is 0 Å². The highest BCUT2D eigenvalue weighted by Crippen LogP contribution is 2.67. The minimum Gasteiger partial charge on any atom is -0.392 e. The molecule has 0 aromatic heterocycles. The summed E-state index contributed by atoms with van der Waals surface area (Å²) in [5.74, 6) is 1.05. The topological polar surface area (TPSA) is 26.7 Å². The molecule has 0 amide bonds. The molecule has 1 unspecified atom stereocenters. The molecule has 120 valence electrons. The van der Waals surface area contributed by atoms with Crippen LogP contribution in [0.2, 0.25) is 0 Å². The fraction of sp³-hybridized carbons (Fsp3) is 0.600. The molecule has 5 fully saturated rings. The number of benzene rings is 1. The summed E-state index contributed by atoms with van der Waals surface area (Å²) in [4.78, 5) is 5.25. The zero-order valence-electron chi connectivity index (χ0n) is 13.8. The second-order valence-electron chi connectivity index (χ2n) is 8.35. The third kappa shape index (κ3) is 1.17. The molecule has 1 saturated carbocycles. The van der Waals surface area contributed by atoms with Crippen LogP contribution in [0, 0.1) is 11.8 Å². The zero-order chi connectivity index (χ0) is 15.5. The number of aliphatic hydroxyl groups is 1. The average molecular weight is 308 g/mol. The summed E-state index contributed by atoms with van der Waals surface area (Å²) >= 11 is 0. The molecular formula is C20H24N2O. The van der Waals surface area contributed by atoms with E-state index in [2.05, 4.69) is 54.1 Å². The quantitative estimate of drug-likeness (QED) is 0.744. The monoisotopic (exact) mass is 308 g/mol. The van der Waals surface area contributed by atoms with Gasteiger partial charge in [-0.3, -0.25) is 4.90 Å². The van der Waals surface area contributed by atoms with Crippen LogP contribution in [0.4, 0.5) is 5.69 Å². The van der Waals surface area contributed by atoms with Gasteiger partial charge in [0, 0.05) is 42.7 Å². The molecule has 0 radical (unpaired) electrons. The standard InChI is InChI=1S/C20H24N2O/c1-3-11-10-22-15-8-12(11)17-16(22)9-20(19(17)23)13-6-4-5-7-14(13)21(2)18(15)20/h3-7,12,15-19,23H,8-10H2,1-2H3/b11-3-/t12-,15-,16-,17-,18-,19+,20+/m0/s1. The maximum absolute atomic E-state index is 11.6. The van der Waals surface area contributed by atoms with Crippen molar-refractivity contribution >= 4 is 5.69 Å². The molecule has 7 rings (SSSR count). The van der Waals surface area contributed by atoms with E-state index in [4.69, 9.17) is 0 Å². The number of piperidine rings is 4. The van der Waals surface area contributed by atoms with E-state index in [0.717, 1.165) is 13.0 Å². The number of para-hydroxylation sites is 1. The Morgan fingerprint density at radius 2 is 2.09 bits per heavy atom. The van der Waals surface area contributed by atoms with Crippen molar-refractivity contribution in [2.75, 3.05) is 18.5 Å². The maximum Gasteiger partial charge on any atom is 0.0707 e. The number of fused-ring (bicyclic) bond motifs is 2. The molecule has 23 heavy (non-hydrogen) atoms. The second kappa shape index (κ2) is 3.84. The summed E-state index contributed by atoms with van der Waals surface area (Å²) in [6.45, 7) is 3.31. The SMILES string of the molecule is C/C=C1/CN2[C@H]3C[C@@]45c6ccccc6N(C)[C@H]4[C@@H]2C[C@@H]1[C@@H]3[C@H]5O. The summed E-state index contributed by atoms with van der Waals surface area (Å²) in [7, 11) is 2.25. The first-order chi connectivity index (χ1) is 11.2. The van der Waals surface area contributed by atoms with Crippen molar-refractivity contribution in [3.05, 3.63) is 41.5 Å². The number of allylic oxidation sites excluding steroid dienone is 1. The van der Waals surface area contributed by atoms with E-state index in [-0.39, 0.29) is 11.5 Å². The maximum atomic E-state index is 11.6. The summed E-state index contributed by atoms with van der Waals surface area (Å²) in [5.41, 5.74) is 4.32. The molecule has 5 bridgehead atoms. The Kier molecular flexibility index (Phi) is 2.17.